The van der Waals surface area contributed by atoms with E-state index in [1.165, 1.54) is 10.5 Å². The fraction of sp³-hybridized carbons (Fsp3) is 0.440. The number of thioether (sulfide) groups is 1. The largest absolute Gasteiger partial charge is 0.493 e. The van der Waals surface area contributed by atoms with E-state index in [-0.39, 0.29) is 17.4 Å². The molecule has 2 aromatic carbocycles. The van der Waals surface area contributed by atoms with Crippen molar-refractivity contribution < 1.29 is 19.1 Å². The summed E-state index contributed by atoms with van der Waals surface area (Å²) in [6.45, 7) is 0.545. The van der Waals surface area contributed by atoms with Crippen molar-refractivity contribution in [1.29, 1.82) is 0 Å². The lowest BCUT2D eigenvalue weighted by Crippen LogP contribution is -2.44. The van der Waals surface area contributed by atoms with Gasteiger partial charge in [-0.25, -0.2) is 0 Å². The zero-order valence-electron chi connectivity index (χ0n) is 19.0. The summed E-state index contributed by atoms with van der Waals surface area (Å²) in [7, 11) is 3.22. The summed E-state index contributed by atoms with van der Waals surface area (Å²) >= 11 is 1.71. The summed E-state index contributed by atoms with van der Waals surface area (Å²) in [4.78, 5) is 25.7. The monoisotopic (exact) mass is 456 g/mol. The van der Waals surface area contributed by atoms with Crippen LogP contribution in [0.5, 0.6) is 11.5 Å². The second kappa shape index (κ2) is 11.3. The van der Waals surface area contributed by atoms with Crippen molar-refractivity contribution in [1.82, 2.24) is 10.6 Å². The lowest BCUT2D eigenvalue weighted by Gasteiger charge is -2.29. The van der Waals surface area contributed by atoms with Crippen LogP contribution >= 0.6 is 11.8 Å². The van der Waals surface area contributed by atoms with E-state index in [2.05, 4.69) is 41.2 Å². The summed E-state index contributed by atoms with van der Waals surface area (Å²) in [5.41, 5.74) is 1.90. The zero-order chi connectivity index (χ0) is 23.0. The van der Waals surface area contributed by atoms with Gasteiger partial charge in [0.25, 0.3) is 0 Å². The molecule has 0 unspecified atom stereocenters. The predicted molar refractivity (Wildman–Crippen MR) is 128 cm³/mol. The molecule has 3 rings (SSSR count). The van der Waals surface area contributed by atoms with Crippen molar-refractivity contribution >= 4 is 23.6 Å². The maximum absolute atomic E-state index is 12.5. The van der Waals surface area contributed by atoms with E-state index in [1.54, 1.807) is 26.0 Å². The molecular formula is C25H32N2O4S. The number of benzene rings is 2. The van der Waals surface area contributed by atoms with Gasteiger partial charge in [0.05, 0.1) is 14.2 Å². The Morgan fingerprint density at radius 1 is 1.09 bits per heavy atom. The summed E-state index contributed by atoms with van der Waals surface area (Å²) in [6.07, 6.45) is 5.79. The first-order valence-electron chi connectivity index (χ1n) is 10.9. The van der Waals surface area contributed by atoms with Gasteiger partial charge in [0.2, 0.25) is 11.8 Å². The maximum Gasteiger partial charge on any atom is 0.220 e. The standard InChI is InChI=1S/C25H32N2O4S/c1-30-21-9-6-18(16-22(21)31-2)12-15-26-23(28)10-13-25(14-11-24(29)27-25)17-19-4-7-20(32-3)8-5-19/h4-9,16H,10-15,17H2,1-3H3,(H,26,28)(H,27,29)/t25-/m1/s1. The lowest BCUT2D eigenvalue weighted by atomic mass is 9.85. The molecule has 1 atom stereocenters. The molecule has 32 heavy (non-hydrogen) atoms. The van der Waals surface area contributed by atoms with Gasteiger partial charge < -0.3 is 20.1 Å². The fourth-order valence-corrected chi connectivity index (χ4v) is 4.55. The van der Waals surface area contributed by atoms with Gasteiger partial charge in [-0.3, -0.25) is 9.59 Å². The van der Waals surface area contributed by atoms with Crippen LogP contribution in [0, 0.1) is 0 Å². The minimum atomic E-state index is -0.349. The van der Waals surface area contributed by atoms with E-state index in [9.17, 15) is 9.59 Å². The fourth-order valence-electron chi connectivity index (χ4n) is 4.14. The molecule has 1 aliphatic rings. The van der Waals surface area contributed by atoms with E-state index < -0.39 is 0 Å². The van der Waals surface area contributed by atoms with Gasteiger partial charge in [-0.2, -0.15) is 0 Å². The molecule has 0 spiro atoms. The number of ether oxygens (including phenoxy) is 2. The van der Waals surface area contributed by atoms with E-state index in [0.717, 1.165) is 18.4 Å². The van der Waals surface area contributed by atoms with Crippen molar-refractivity contribution in [2.24, 2.45) is 0 Å². The molecule has 1 saturated heterocycles. The molecule has 1 fully saturated rings. The van der Waals surface area contributed by atoms with E-state index in [4.69, 9.17) is 9.47 Å². The maximum atomic E-state index is 12.5. The zero-order valence-corrected chi connectivity index (χ0v) is 19.8. The molecule has 0 radical (unpaired) electrons. The van der Waals surface area contributed by atoms with Gasteiger partial charge in [-0.05, 0) is 67.3 Å². The summed E-state index contributed by atoms with van der Waals surface area (Å²) in [6, 6.07) is 14.2. The van der Waals surface area contributed by atoms with Crippen LogP contribution in [0.4, 0.5) is 0 Å². The van der Waals surface area contributed by atoms with E-state index in [1.807, 2.05) is 18.2 Å². The van der Waals surface area contributed by atoms with Crippen LogP contribution in [-0.2, 0) is 22.4 Å². The first-order chi connectivity index (χ1) is 15.5. The van der Waals surface area contributed by atoms with Crippen LogP contribution in [0.3, 0.4) is 0 Å². The number of methoxy groups -OCH3 is 2. The van der Waals surface area contributed by atoms with E-state index in [0.29, 0.717) is 43.7 Å². The molecule has 7 heteroatoms. The Bertz CT molecular complexity index is 932. The smallest absolute Gasteiger partial charge is 0.220 e. The third kappa shape index (κ3) is 6.42. The van der Waals surface area contributed by atoms with Crippen LogP contribution in [0.2, 0.25) is 0 Å². The minimum Gasteiger partial charge on any atom is -0.493 e. The molecule has 1 heterocycles. The number of amides is 2. The van der Waals surface area contributed by atoms with E-state index >= 15 is 0 Å². The molecule has 6 nitrogen and oxygen atoms in total. The van der Waals surface area contributed by atoms with Crippen molar-refractivity contribution in [2.75, 3.05) is 27.0 Å². The number of carbonyl (C=O) groups excluding carboxylic acids is 2. The van der Waals surface area contributed by atoms with Crippen LogP contribution in [-0.4, -0.2) is 44.4 Å². The summed E-state index contributed by atoms with van der Waals surface area (Å²) in [5, 5.41) is 6.16. The lowest BCUT2D eigenvalue weighted by molar-refractivity contribution is -0.122. The quantitative estimate of drug-likeness (QED) is 0.504. The number of hydrogen-bond donors (Lipinski definition) is 2. The number of hydrogen-bond acceptors (Lipinski definition) is 5. The first-order valence-corrected chi connectivity index (χ1v) is 12.1. The van der Waals surface area contributed by atoms with Crippen molar-refractivity contribution in [2.45, 2.75) is 49.0 Å². The molecule has 172 valence electrons. The Kier molecular flexibility index (Phi) is 8.45. The van der Waals surface area contributed by atoms with Crippen LogP contribution in [0.1, 0.15) is 36.8 Å². The van der Waals surface area contributed by atoms with Crippen LogP contribution in [0.15, 0.2) is 47.4 Å². The predicted octanol–water partition coefficient (Wildman–Crippen LogP) is 3.76. The van der Waals surface area contributed by atoms with Gasteiger partial charge in [0, 0.05) is 29.8 Å². The summed E-state index contributed by atoms with van der Waals surface area (Å²) < 4.78 is 10.6. The SMILES string of the molecule is COc1ccc(CCNC(=O)CC[C@]2(Cc3ccc(SC)cc3)CCC(=O)N2)cc1OC. The highest BCUT2D eigenvalue weighted by molar-refractivity contribution is 7.98. The Hall–Kier alpha value is -2.67. The highest BCUT2D eigenvalue weighted by atomic mass is 32.2. The Morgan fingerprint density at radius 3 is 2.44 bits per heavy atom. The summed E-state index contributed by atoms with van der Waals surface area (Å²) in [5.74, 6) is 1.44. The average Bonchev–Trinajstić information content (AvgIpc) is 3.18. The van der Waals surface area contributed by atoms with Gasteiger partial charge >= 0.3 is 0 Å². The second-order valence-corrected chi connectivity index (χ2v) is 9.02. The molecule has 1 aliphatic heterocycles. The molecule has 0 aromatic heterocycles. The second-order valence-electron chi connectivity index (χ2n) is 8.14. The topological polar surface area (TPSA) is 76.7 Å². The highest BCUT2D eigenvalue weighted by Gasteiger charge is 2.37. The van der Waals surface area contributed by atoms with Gasteiger partial charge in [-0.1, -0.05) is 18.2 Å². The third-order valence-electron chi connectivity index (χ3n) is 5.95. The molecule has 0 aliphatic carbocycles. The van der Waals surface area contributed by atoms with Crippen LogP contribution < -0.4 is 20.1 Å². The average molecular weight is 457 g/mol. The molecular weight excluding hydrogens is 424 g/mol. The highest BCUT2D eigenvalue weighted by Crippen LogP contribution is 2.30. The third-order valence-corrected chi connectivity index (χ3v) is 6.69. The Labute approximate surface area is 194 Å². The van der Waals surface area contributed by atoms with Crippen LogP contribution in [0.25, 0.3) is 0 Å². The number of carbonyl (C=O) groups is 2. The van der Waals surface area contributed by atoms with Gasteiger partial charge in [0.1, 0.15) is 0 Å². The normalized spacial score (nSPS) is 17.7. The van der Waals surface area contributed by atoms with Crippen molar-refractivity contribution in [3.63, 3.8) is 0 Å². The first kappa shape index (κ1) is 24.0. The molecule has 2 aromatic rings. The van der Waals surface area contributed by atoms with Crippen molar-refractivity contribution in [3.8, 4) is 11.5 Å². The van der Waals surface area contributed by atoms with Gasteiger partial charge in [-0.15, -0.1) is 11.8 Å². The van der Waals surface area contributed by atoms with Gasteiger partial charge in [0.15, 0.2) is 11.5 Å². The Balaban J connectivity index is 1.51. The molecule has 0 saturated carbocycles. The van der Waals surface area contributed by atoms with Crippen molar-refractivity contribution in [3.05, 3.63) is 53.6 Å². The minimum absolute atomic E-state index is 0.00346. The number of nitrogens with one attached hydrogen (secondary N) is 2. The number of rotatable bonds is 11. The Morgan fingerprint density at radius 2 is 1.81 bits per heavy atom. The molecule has 2 amide bonds. The molecule has 2 N–H and O–H groups in total. The molecule has 0 bridgehead atoms.